The normalized spacial score (nSPS) is 23.9. The second-order valence-corrected chi connectivity index (χ2v) is 26.0. The number of hydrogen-bond acceptors (Lipinski definition) is 17. The number of Topliss-reactive ketones (excluding diaryl/α,β-unsaturated/α-hetero) is 4. The minimum atomic E-state index is -1.63. The molecule has 1 aromatic carbocycles. The van der Waals surface area contributed by atoms with Crippen LogP contribution in [0.3, 0.4) is 0 Å². The Hall–Kier alpha value is -6.57. The molecule has 1 aliphatic heterocycles. The lowest BCUT2D eigenvalue weighted by atomic mass is 9.83. The minimum Gasteiger partial charge on any atom is -0.458 e. The van der Waals surface area contributed by atoms with Crippen molar-refractivity contribution in [3.63, 3.8) is 0 Å². The van der Waals surface area contributed by atoms with Crippen molar-refractivity contribution in [2.45, 2.75) is 214 Å². The molecular formula is C64H97FN8O15S. The number of amides is 7. The molecule has 2 fully saturated rings. The zero-order valence-corrected chi connectivity index (χ0v) is 54.3. The number of hydrogen-bond donors (Lipinski definition) is 10. The summed E-state index contributed by atoms with van der Waals surface area (Å²) in [6.45, 7) is 16.2. The van der Waals surface area contributed by atoms with Gasteiger partial charge in [-0.15, -0.1) is 11.3 Å². The van der Waals surface area contributed by atoms with Crippen molar-refractivity contribution in [2.24, 2.45) is 64.7 Å². The minimum absolute atomic E-state index is 0.0492. The molecule has 2 heterocycles. The Morgan fingerprint density at radius 1 is 0.764 bits per heavy atom. The molecule has 0 radical (unpaired) electrons. The third-order valence-electron chi connectivity index (χ3n) is 18.2. The first-order chi connectivity index (χ1) is 41.9. The van der Waals surface area contributed by atoms with Crippen LogP contribution in [0.4, 0.5) is 4.39 Å². The molecule has 89 heavy (non-hydrogen) atoms. The third kappa shape index (κ3) is 20.5. The van der Waals surface area contributed by atoms with Crippen LogP contribution < -0.4 is 43.4 Å². The smallest absolute Gasteiger partial charge is 0.329 e. The molecule has 1 saturated heterocycles. The molecule has 1 aromatic heterocycles. The number of aliphatic hydroxyl groups excluding tert-OH is 2. The van der Waals surface area contributed by atoms with Gasteiger partial charge in [-0.25, -0.2) is 9.18 Å². The number of rotatable bonds is 34. The zero-order chi connectivity index (χ0) is 66.8. The number of esters is 1. The van der Waals surface area contributed by atoms with Crippen molar-refractivity contribution >= 4 is 91.9 Å². The summed E-state index contributed by atoms with van der Waals surface area (Å²) in [5.74, 6) is -17.0. The van der Waals surface area contributed by atoms with Crippen LogP contribution in [0.2, 0.25) is 0 Å². The number of carbonyl (C=O) groups excluding carboxylic acids is 12. The van der Waals surface area contributed by atoms with Gasteiger partial charge < -0.3 is 58.3 Å². The van der Waals surface area contributed by atoms with E-state index in [2.05, 4.69) is 31.9 Å². The van der Waals surface area contributed by atoms with E-state index in [-0.39, 0.29) is 32.1 Å². The fourth-order valence-electron chi connectivity index (χ4n) is 11.3. The number of fused-ring (bicyclic) bond motifs is 1. The molecule has 25 heteroatoms. The van der Waals surface area contributed by atoms with Crippen molar-refractivity contribution < 1.29 is 76.9 Å². The molecular weight excluding hydrogens is 1170 g/mol. The molecule has 23 nitrogen and oxygen atoms in total. The highest BCUT2D eigenvalue weighted by molar-refractivity contribution is 7.17. The number of nitrogens with two attached hydrogens (primary N) is 2. The SMILES string of the molecule is CC[C@H](C)[C@H](NC(=O)[C@H](N)Cc1csc2ccccc12)C(=O)C[C@@H](CO)C(=O)N[C@H](CCC(N)=O)C(=O)C[C@@H](C(=O)N[C@H](C(=O)C[C@@H](CO)C(=O)N[C@H]1C(=O)C[C@@H](C)C(=O)NC2(CC2CC(C)F)C(=O)N[C@@H]([C@@H](C)CC)C(=O)O[C@H]1C)[C@@H](C)CC)[C@@H](C)CC. The van der Waals surface area contributed by atoms with Gasteiger partial charge in [0.05, 0.1) is 55.4 Å². The topological polar surface area (TPSA) is 379 Å². The maximum absolute atomic E-state index is 14.5. The highest BCUT2D eigenvalue weighted by Crippen LogP contribution is 2.48. The zero-order valence-electron chi connectivity index (χ0n) is 53.5. The highest BCUT2D eigenvalue weighted by Gasteiger charge is 2.62. The Bertz CT molecular complexity index is 2850. The van der Waals surface area contributed by atoms with Gasteiger partial charge in [0.2, 0.25) is 41.4 Å². The Labute approximate surface area is 525 Å². The van der Waals surface area contributed by atoms with Gasteiger partial charge in [-0.2, -0.15) is 0 Å². The molecule has 2 aromatic rings. The second kappa shape index (κ2) is 34.6. The van der Waals surface area contributed by atoms with Gasteiger partial charge in [0.15, 0.2) is 23.1 Å². The first-order valence-electron chi connectivity index (χ1n) is 31.4. The first kappa shape index (κ1) is 74.9. The quantitative estimate of drug-likeness (QED) is 0.0448. The lowest BCUT2D eigenvalue weighted by Crippen LogP contribution is -2.57. The lowest BCUT2D eigenvalue weighted by molar-refractivity contribution is -0.157. The van der Waals surface area contributed by atoms with Gasteiger partial charge in [0.1, 0.15) is 23.7 Å². The highest BCUT2D eigenvalue weighted by atomic mass is 32.1. The molecule has 496 valence electrons. The van der Waals surface area contributed by atoms with Crippen LogP contribution in [-0.2, 0) is 68.7 Å². The van der Waals surface area contributed by atoms with E-state index in [0.29, 0.717) is 25.7 Å². The molecule has 12 N–H and O–H groups in total. The van der Waals surface area contributed by atoms with E-state index < -0.39 is 217 Å². The number of benzene rings is 1. The van der Waals surface area contributed by atoms with Crippen molar-refractivity contribution in [3.8, 4) is 0 Å². The maximum Gasteiger partial charge on any atom is 0.329 e. The summed E-state index contributed by atoms with van der Waals surface area (Å²) in [6, 6.07) is -0.100. The van der Waals surface area contributed by atoms with Crippen molar-refractivity contribution in [2.75, 3.05) is 13.2 Å². The number of thiophene rings is 1. The van der Waals surface area contributed by atoms with Gasteiger partial charge in [-0.3, -0.25) is 52.7 Å². The second-order valence-electron chi connectivity index (χ2n) is 25.1. The van der Waals surface area contributed by atoms with Crippen LogP contribution in [0.1, 0.15) is 159 Å². The first-order valence-corrected chi connectivity index (χ1v) is 32.3. The molecule has 0 bridgehead atoms. The largest absolute Gasteiger partial charge is 0.458 e. The molecule has 18 atom stereocenters. The number of primary amides is 1. The molecule has 1 saturated carbocycles. The van der Waals surface area contributed by atoms with Gasteiger partial charge in [-0.1, -0.05) is 106 Å². The van der Waals surface area contributed by atoms with Crippen LogP contribution in [0, 0.1) is 53.3 Å². The summed E-state index contributed by atoms with van der Waals surface area (Å²) >= 11 is 1.51. The molecule has 1 spiro atoms. The fraction of sp³-hybridized carbons (Fsp3) is 0.688. The Kier molecular flexibility index (Phi) is 29.1. The van der Waals surface area contributed by atoms with E-state index in [1.807, 2.05) is 36.6 Å². The van der Waals surface area contributed by atoms with E-state index in [0.717, 1.165) is 15.6 Å². The average Bonchev–Trinajstić information content (AvgIpc) is 1.65. The number of cyclic esters (lactones) is 1. The number of halogens is 1. The summed E-state index contributed by atoms with van der Waals surface area (Å²) in [5.41, 5.74) is 11.2. The third-order valence-corrected chi connectivity index (χ3v) is 19.2. The number of alkyl halides is 1. The monoisotopic (exact) mass is 1270 g/mol. The van der Waals surface area contributed by atoms with Crippen LogP contribution in [0.25, 0.3) is 10.1 Å². The fourth-order valence-corrected chi connectivity index (χ4v) is 12.2. The van der Waals surface area contributed by atoms with E-state index >= 15 is 0 Å². The molecule has 1 aliphatic carbocycles. The predicted octanol–water partition coefficient (Wildman–Crippen LogP) is 3.52. The van der Waals surface area contributed by atoms with Gasteiger partial charge in [-0.05, 0) is 91.5 Å². The maximum atomic E-state index is 14.5. The molecule has 3 unspecified atom stereocenters. The Morgan fingerprint density at radius 3 is 1.89 bits per heavy atom. The van der Waals surface area contributed by atoms with Gasteiger partial charge in [0, 0.05) is 48.6 Å². The Balaban J connectivity index is 1.51. The molecule has 4 rings (SSSR count). The summed E-state index contributed by atoms with van der Waals surface area (Å²) in [7, 11) is 0. The molecule has 7 amide bonds. The summed E-state index contributed by atoms with van der Waals surface area (Å²) < 4.78 is 21.0. The van der Waals surface area contributed by atoms with Gasteiger partial charge in [0.25, 0.3) is 0 Å². The van der Waals surface area contributed by atoms with Crippen molar-refractivity contribution in [1.82, 2.24) is 31.9 Å². The number of carbonyl (C=O) groups is 12. The Morgan fingerprint density at radius 2 is 1.34 bits per heavy atom. The van der Waals surface area contributed by atoms with Crippen molar-refractivity contribution in [3.05, 3.63) is 35.2 Å². The van der Waals surface area contributed by atoms with Crippen LogP contribution in [0.15, 0.2) is 29.6 Å². The number of nitrogens with one attached hydrogen (secondary N) is 6. The van der Waals surface area contributed by atoms with E-state index in [4.69, 9.17) is 16.2 Å². The number of aliphatic hydroxyl groups is 2. The average molecular weight is 1270 g/mol. The molecule has 2 aliphatic rings. The van der Waals surface area contributed by atoms with Gasteiger partial charge >= 0.3 is 5.97 Å². The van der Waals surface area contributed by atoms with E-state index in [1.54, 1.807) is 48.5 Å². The van der Waals surface area contributed by atoms with Crippen LogP contribution >= 0.6 is 11.3 Å². The van der Waals surface area contributed by atoms with Crippen LogP contribution in [0.5, 0.6) is 0 Å². The van der Waals surface area contributed by atoms with E-state index in [9.17, 15) is 72.1 Å². The predicted molar refractivity (Wildman–Crippen MR) is 331 cm³/mol. The summed E-state index contributed by atoms with van der Waals surface area (Å²) in [6.07, 6.45) is -3.97. The summed E-state index contributed by atoms with van der Waals surface area (Å²) in [4.78, 5) is 167. The van der Waals surface area contributed by atoms with Crippen LogP contribution in [-0.4, -0.2) is 148 Å². The van der Waals surface area contributed by atoms with Crippen molar-refractivity contribution in [1.29, 1.82) is 0 Å². The standard InChI is InChI=1S/C64H97FN8O15S/c1-12-32(5)44(27-47(76)46(20-21-52(67)80)68-58(82)39(29-74)25-50(79)54(34(7)14-3)70-61(85)45(66)24-41-31-89-51-19-17-16-18-43(41)51)60(84)69-53(33(6)13-2)49(78)26-40(30-75)59(83)71-56-38(11)88-62(86)55(35(8)15-4)72-63(87)64(28-42(64)23-37(10)65)73-57(81)36(9)22-48(56)77/h16-19,31-40,42,44-46,53-56,74-75H,12-15,20-30,66H2,1-11H3,(H2,67,80)(H,68,82)(H,69,84)(H,70,85)(H,71,83)(H,72,87)(H,73,81)/t32-,33-,34-,35-,36+,37?,38-,39-,40-,42?,44+,45+,46+,53-,54-,55-,56+,64?/m0/s1. The number of ketones is 4. The lowest BCUT2D eigenvalue weighted by Gasteiger charge is -2.30. The van der Waals surface area contributed by atoms with E-state index in [1.165, 1.54) is 32.1 Å². The summed E-state index contributed by atoms with van der Waals surface area (Å²) in [5, 5.41) is 40.1. The number of ether oxygens (including phenoxy) is 1.